The van der Waals surface area contributed by atoms with E-state index in [2.05, 4.69) is 67.9 Å². The molecule has 0 aliphatic rings. The summed E-state index contributed by atoms with van der Waals surface area (Å²) in [6.45, 7) is 0. The highest BCUT2D eigenvalue weighted by atomic mass is 127. The molecule has 2 aromatic rings. The summed E-state index contributed by atoms with van der Waals surface area (Å²) in [5, 5.41) is 1.35. The Morgan fingerprint density at radius 2 is 2.23 bits per heavy atom. The van der Waals surface area contributed by atoms with Crippen LogP contribution in [-0.4, -0.2) is 9.41 Å². The second-order valence-corrected chi connectivity index (χ2v) is 4.94. The first-order chi connectivity index (χ1) is 6.31. The van der Waals surface area contributed by atoms with Crippen LogP contribution in [0.5, 0.6) is 0 Å². The third kappa shape index (κ3) is 1.91. The third-order valence-corrected chi connectivity index (χ3v) is 3.13. The summed E-state index contributed by atoms with van der Waals surface area (Å²) < 4.78 is 2.30. The molecule has 2 rings (SSSR count). The Balaban J connectivity index is 2.55. The van der Waals surface area contributed by atoms with Gasteiger partial charge in [-0.15, -0.1) is 0 Å². The SMILES string of the molecule is Brc1ccc2c(CCI)c[nH]c2c1. The van der Waals surface area contributed by atoms with Crippen molar-refractivity contribution in [2.24, 2.45) is 0 Å². The summed E-state index contributed by atoms with van der Waals surface area (Å²) in [5.41, 5.74) is 2.63. The normalized spacial score (nSPS) is 10.9. The van der Waals surface area contributed by atoms with Gasteiger partial charge >= 0.3 is 0 Å². The molecule has 0 unspecified atom stereocenters. The Morgan fingerprint density at radius 1 is 1.38 bits per heavy atom. The zero-order valence-electron chi connectivity index (χ0n) is 6.98. The number of aromatic amines is 1. The molecule has 0 spiro atoms. The Kier molecular flexibility index (Phi) is 2.93. The first-order valence-electron chi connectivity index (χ1n) is 4.13. The maximum absolute atomic E-state index is 3.46. The average Bonchev–Trinajstić information content (AvgIpc) is 2.49. The predicted octanol–water partition coefficient (Wildman–Crippen LogP) is 3.91. The number of H-pyrrole nitrogens is 1. The molecule has 68 valence electrons. The number of fused-ring (bicyclic) bond motifs is 1. The molecule has 0 radical (unpaired) electrons. The van der Waals surface area contributed by atoms with Crippen LogP contribution in [-0.2, 0) is 6.42 Å². The second-order valence-electron chi connectivity index (χ2n) is 2.94. The van der Waals surface area contributed by atoms with Gasteiger partial charge in [0, 0.05) is 26.0 Å². The van der Waals surface area contributed by atoms with E-state index < -0.39 is 0 Å². The maximum Gasteiger partial charge on any atom is 0.0468 e. The number of hydrogen-bond acceptors (Lipinski definition) is 0. The lowest BCUT2D eigenvalue weighted by molar-refractivity contribution is 1.20. The van der Waals surface area contributed by atoms with E-state index in [1.54, 1.807) is 0 Å². The maximum atomic E-state index is 3.46. The van der Waals surface area contributed by atoms with E-state index >= 15 is 0 Å². The smallest absolute Gasteiger partial charge is 0.0468 e. The standard InChI is InChI=1S/C10H9BrIN/c11-8-1-2-9-7(3-4-12)6-13-10(9)5-8/h1-2,5-6,13H,3-4H2. The van der Waals surface area contributed by atoms with Gasteiger partial charge in [0.15, 0.2) is 0 Å². The molecule has 0 fully saturated rings. The molecule has 0 aliphatic carbocycles. The van der Waals surface area contributed by atoms with Crippen molar-refractivity contribution in [2.75, 3.05) is 4.43 Å². The number of rotatable bonds is 2. The van der Waals surface area contributed by atoms with Gasteiger partial charge in [0.1, 0.15) is 0 Å². The Labute approximate surface area is 99.2 Å². The fourth-order valence-electron chi connectivity index (χ4n) is 1.47. The number of halogens is 2. The van der Waals surface area contributed by atoms with Crippen molar-refractivity contribution in [1.29, 1.82) is 0 Å². The highest BCUT2D eigenvalue weighted by Gasteiger charge is 2.02. The molecule has 1 aromatic heterocycles. The molecule has 0 saturated carbocycles. The molecule has 0 atom stereocenters. The van der Waals surface area contributed by atoms with Crippen LogP contribution < -0.4 is 0 Å². The van der Waals surface area contributed by atoms with Gasteiger partial charge in [-0.05, 0) is 24.1 Å². The van der Waals surface area contributed by atoms with Crippen molar-refractivity contribution in [2.45, 2.75) is 6.42 Å². The van der Waals surface area contributed by atoms with Gasteiger partial charge < -0.3 is 4.98 Å². The molecule has 0 amide bonds. The van der Waals surface area contributed by atoms with E-state index in [4.69, 9.17) is 0 Å². The van der Waals surface area contributed by atoms with Crippen LogP contribution in [0.2, 0.25) is 0 Å². The topological polar surface area (TPSA) is 15.8 Å². The van der Waals surface area contributed by atoms with Gasteiger partial charge in [0.25, 0.3) is 0 Å². The summed E-state index contributed by atoms with van der Waals surface area (Å²) in [7, 11) is 0. The van der Waals surface area contributed by atoms with E-state index in [0.29, 0.717) is 0 Å². The lowest BCUT2D eigenvalue weighted by Crippen LogP contribution is -1.81. The number of hydrogen-bond donors (Lipinski definition) is 1. The van der Waals surface area contributed by atoms with Crippen molar-refractivity contribution < 1.29 is 0 Å². The van der Waals surface area contributed by atoms with Gasteiger partial charge in [-0.2, -0.15) is 0 Å². The Morgan fingerprint density at radius 3 is 3.00 bits per heavy atom. The summed E-state index contributed by atoms with van der Waals surface area (Å²) in [5.74, 6) is 0. The lowest BCUT2D eigenvalue weighted by Gasteiger charge is -1.95. The second kappa shape index (κ2) is 4.00. The van der Waals surface area contributed by atoms with Gasteiger partial charge in [-0.25, -0.2) is 0 Å². The quantitative estimate of drug-likeness (QED) is 0.625. The summed E-state index contributed by atoms with van der Waals surface area (Å²) in [6, 6.07) is 6.37. The zero-order chi connectivity index (χ0) is 9.26. The zero-order valence-corrected chi connectivity index (χ0v) is 10.7. The number of aryl methyl sites for hydroxylation is 1. The van der Waals surface area contributed by atoms with E-state index in [0.717, 1.165) is 10.9 Å². The van der Waals surface area contributed by atoms with Crippen LogP contribution in [0.15, 0.2) is 28.9 Å². The fourth-order valence-corrected chi connectivity index (χ4v) is 2.41. The molecule has 0 aliphatic heterocycles. The predicted molar refractivity (Wildman–Crippen MR) is 68.6 cm³/mol. The monoisotopic (exact) mass is 349 g/mol. The minimum absolute atomic E-state index is 1.13. The Bertz CT molecular complexity index is 422. The molecule has 3 heteroatoms. The molecule has 13 heavy (non-hydrogen) atoms. The molecular weight excluding hydrogens is 341 g/mol. The number of aromatic nitrogens is 1. The van der Waals surface area contributed by atoms with E-state index in [1.165, 1.54) is 20.9 Å². The number of nitrogens with one attached hydrogen (secondary N) is 1. The van der Waals surface area contributed by atoms with Gasteiger partial charge in [-0.3, -0.25) is 0 Å². The fraction of sp³-hybridized carbons (Fsp3) is 0.200. The highest BCUT2D eigenvalue weighted by molar-refractivity contribution is 14.1. The largest absolute Gasteiger partial charge is 0.361 e. The molecule has 1 N–H and O–H groups in total. The van der Waals surface area contributed by atoms with Crippen molar-refractivity contribution in [3.8, 4) is 0 Å². The van der Waals surface area contributed by atoms with Crippen molar-refractivity contribution >= 4 is 49.4 Å². The van der Waals surface area contributed by atoms with Gasteiger partial charge in [0.2, 0.25) is 0 Å². The number of alkyl halides is 1. The molecule has 0 bridgehead atoms. The van der Waals surface area contributed by atoms with Crippen molar-refractivity contribution in [1.82, 2.24) is 4.98 Å². The highest BCUT2D eigenvalue weighted by Crippen LogP contribution is 2.22. The van der Waals surface area contributed by atoms with Crippen molar-refractivity contribution in [3.05, 3.63) is 34.4 Å². The Hall–Kier alpha value is -0.0300. The molecule has 1 heterocycles. The molecular formula is C10H9BrIN. The molecule has 0 saturated heterocycles. The van der Waals surface area contributed by atoms with Gasteiger partial charge in [0.05, 0.1) is 0 Å². The van der Waals surface area contributed by atoms with Crippen molar-refractivity contribution in [3.63, 3.8) is 0 Å². The van der Waals surface area contributed by atoms with Crippen LogP contribution in [0.1, 0.15) is 5.56 Å². The first kappa shape index (κ1) is 9.52. The summed E-state index contributed by atoms with van der Waals surface area (Å²) in [4.78, 5) is 3.28. The van der Waals surface area contributed by atoms with Crippen LogP contribution >= 0.6 is 38.5 Å². The summed E-state index contributed by atoms with van der Waals surface area (Å²) >= 11 is 5.86. The minimum Gasteiger partial charge on any atom is -0.361 e. The van der Waals surface area contributed by atoms with Crippen LogP contribution in [0.3, 0.4) is 0 Å². The average molecular weight is 350 g/mol. The lowest BCUT2D eigenvalue weighted by atomic mass is 10.1. The third-order valence-electron chi connectivity index (χ3n) is 2.09. The van der Waals surface area contributed by atoms with Crippen LogP contribution in [0, 0.1) is 0 Å². The molecule has 1 aromatic carbocycles. The van der Waals surface area contributed by atoms with E-state index in [-0.39, 0.29) is 0 Å². The van der Waals surface area contributed by atoms with Gasteiger partial charge in [-0.1, -0.05) is 44.6 Å². The molecule has 1 nitrogen and oxygen atoms in total. The van der Waals surface area contributed by atoms with Crippen LogP contribution in [0.25, 0.3) is 10.9 Å². The first-order valence-corrected chi connectivity index (χ1v) is 6.44. The van der Waals surface area contributed by atoms with E-state index in [9.17, 15) is 0 Å². The summed E-state index contributed by atoms with van der Waals surface area (Å²) in [6.07, 6.45) is 3.25. The van der Waals surface area contributed by atoms with E-state index in [1.807, 2.05) is 0 Å². The minimum atomic E-state index is 1.13. The number of benzene rings is 1. The van der Waals surface area contributed by atoms with Crippen LogP contribution in [0.4, 0.5) is 0 Å².